The Morgan fingerprint density at radius 1 is 0.611 bits per heavy atom. The molecule has 0 aromatic heterocycles. The molecule has 2 rings (SSSR count). The second-order valence-electron chi connectivity index (χ2n) is 6.31. The van der Waals surface area contributed by atoms with Gasteiger partial charge in [0.2, 0.25) is 0 Å². The van der Waals surface area contributed by atoms with Crippen molar-refractivity contribution < 1.29 is 18.6 Å². The summed E-state index contributed by atoms with van der Waals surface area (Å²) >= 11 is 0. The molecule has 0 saturated carbocycles. The molecule has 18 heavy (non-hydrogen) atoms. The van der Waals surface area contributed by atoms with Crippen LogP contribution in [-0.4, -0.2) is 40.4 Å². The maximum Gasteiger partial charge on any atom is 0.488 e. The molecule has 0 bridgehead atoms. The van der Waals surface area contributed by atoms with Crippen LogP contribution in [0.4, 0.5) is 0 Å². The molecule has 2 heterocycles. The lowest BCUT2D eigenvalue weighted by molar-refractivity contribution is 0.00624. The molecule has 0 amide bonds. The molecule has 0 aromatic carbocycles. The Labute approximate surface area is 112 Å². The van der Waals surface area contributed by atoms with Gasteiger partial charge >= 0.3 is 14.0 Å². The van der Waals surface area contributed by atoms with E-state index < -0.39 is 0 Å². The third kappa shape index (κ3) is 4.57. The van der Waals surface area contributed by atoms with E-state index in [1.807, 2.05) is 13.8 Å². The van der Waals surface area contributed by atoms with Crippen LogP contribution >= 0.6 is 0 Å². The summed E-state index contributed by atoms with van der Waals surface area (Å²) in [4.78, 5) is 0. The fourth-order valence-corrected chi connectivity index (χ4v) is 1.72. The van der Waals surface area contributed by atoms with Gasteiger partial charge in [-0.25, -0.2) is 0 Å². The maximum atomic E-state index is 5.63. The molecule has 0 spiro atoms. The van der Waals surface area contributed by atoms with Gasteiger partial charge in [-0.05, 0) is 0 Å². The van der Waals surface area contributed by atoms with Gasteiger partial charge in [-0.1, -0.05) is 41.5 Å². The minimum atomic E-state index is -0.371. The standard InChI is InChI=1S/C10H20B2O4.C2H6/c1-9(2)5-13-11(14-6-9)12-15-7-10(3,4)8-16-12;1-2/h5-8H2,1-4H3;1-2H3. The highest BCUT2D eigenvalue weighted by Crippen LogP contribution is 2.26. The molecule has 0 N–H and O–H groups in total. The summed E-state index contributed by atoms with van der Waals surface area (Å²) in [5.41, 5.74) is 0.175. The first kappa shape index (κ1) is 16.0. The van der Waals surface area contributed by atoms with Crippen molar-refractivity contribution in [2.24, 2.45) is 10.8 Å². The van der Waals surface area contributed by atoms with Crippen molar-refractivity contribution in [1.29, 1.82) is 0 Å². The smallest absolute Gasteiger partial charge is 0.413 e. The third-order valence-corrected chi connectivity index (χ3v) is 2.78. The quantitative estimate of drug-likeness (QED) is 0.674. The highest BCUT2D eigenvalue weighted by molar-refractivity contribution is 7.10. The molecule has 0 aliphatic carbocycles. The molecule has 0 radical (unpaired) electrons. The number of hydrogen-bond donors (Lipinski definition) is 0. The zero-order chi connectivity index (χ0) is 13.8. The summed E-state index contributed by atoms with van der Waals surface area (Å²) in [6.07, 6.45) is 0. The Morgan fingerprint density at radius 2 is 0.833 bits per heavy atom. The molecule has 0 unspecified atom stereocenters. The Bertz CT molecular complexity index is 212. The minimum absolute atomic E-state index is 0.0877. The molecular weight excluding hydrogens is 230 g/mol. The molecule has 0 atom stereocenters. The second-order valence-corrected chi connectivity index (χ2v) is 6.31. The molecule has 4 nitrogen and oxygen atoms in total. The van der Waals surface area contributed by atoms with E-state index in [0.29, 0.717) is 26.4 Å². The fraction of sp³-hybridized carbons (Fsp3) is 1.00. The van der Waals surface area contributed by atoms with Crippen LogP contribution in [0.3, 0.4) is 0 Å². The van der Waals surface area contributed by atoms with E-state index >= 15 is 0 Å². The van der Waals surface area contributed by atoms with Gasteiger partial charge in [-0.2, -0.15) is 0 Å². The first-order chi connectivity index (χ1) is 8.38. The van der Waals surface area contributed by atoms with Crippen molar-refractivity contribution in [3.05, 3.63) is 0 Å². The molecule has 2 aliphatic rings. The first-order valence-corrected chi connectivity index (χ1v) is 6.85. The fourth-order valence-electron chi connectivity index (χ4n) is 1.72. The van der Waals surface area contributed by atoms with Crippen molar-refractivity contribution in [3.63, 3.8) is 0 Å². The third-order valence-electron chi connectivity index (χ3n) is 2.78. The normalized spacial score (nSPS) is 26.3. The average Bonchev–Trinajstić information content (AvgIpc) is 2.32. The van der Waals surface area contributed by atoms with Gasteiger partial charge in [-0.15, -0.1) is 0 Å². The lowest BCUT2D eigenvalue weighted by Gasteiger charge is -2.38. The summed E-state index contributed by atoms with van der Waals surface area (Å²) in [7, 11) is -0.742. The first-order valence-electron chi connectivity index (χ1n) is 6.85. The van der Waals surface area contributed by atoms with Crippen molar-refractivity contribution in [2.75, 3.05) is 26.4 Å². The van der Waals surface area contributed by atoms with Crippen LogP contribution in [0.2, 0.25) is 0 Å². The Hall–Kier alpha value is -0.0301. The Morgan fingerprint density at radius 3 is 1.06 bits per heavy atom. The van der Waals surface area contributed by atoms with E-state index in [1.165, 1.54) is 0 Å². The van der Waals surface area contributed by atoms with Gasteiger partial charge in [0, 0.05) is 37.3 Å². The summed E-state index contributed by atoms with van der Waals surface area (Å²) in [5, 5.41) is 0. The van der Waals surface area contributed by atoms with Crippen LogP contribution in [0, 0.1) is 10.8 Å². The molecule has 6 heteroatoms. The maximum absolute atomic E-state index is 5.63. The second kappa shape index (κ2) is 6.42. The van der Waals surface area contributed by atoms with E-state index in [1.54, 1.807) is 0 Å². The largest absolute Gasteiger partial charge is 0.488 e. The van der Waals surface area contributed by atoms with Gasteiger partial charge in [-0.3, -0.25) is 0 Å². The van der Waals surface area contributed by atoms with Crippen LogP contribution in [0.25, 0.3) is 0 Å². The van der Waals surface area contributed by atoms with Gasteiger partial charge in [0.15, 0.2) is 0 Å². The molecule has 2 saturated heterocycles. The number of hydrogen-bond acceptors (Lipinski definition) is 4. The van der Waals surface area contributed by atoms with Crippen molar-refractivity contribution in [2.45, 2.75) is 41.5 Å². The van der Waals surface area contributed by atoms with E-state index in [-0.39, 0.29) is 24.8 Å². The minimum Gasteiger partial charge on any atom is -0.413 e. The van der Waals surface area contributed by atoms with Gasteiger partial charge in [0.25, 0.3) is 0 Å². The monoisotopic (exact) mass is 256 g/mol. The highest BCUT2D eigenvalue weighted by atomic mass is 16.7. The summed E-state index contributed by atoms with van der Waals surface area (Å²) in [6, 6.07) is 0. The average molecular weight is 256 g/mol. The van der Waals surface area contributed by atoms with Crippen molar-refractivity contribution >= 4 is 14.0 Å². The summed E-state index contributed by atoms with van der Waals surface area (Å²) < 4.78 is 22.5. The highest BCUT2D eigenvalue weighted by Gasteiger charge is 2.47. The van der Waals surface area contributed by atoms with Crippen molar-refractivity contribution in [1.82, 2.24) is 0 Å². The predicted molar refractivity (Wildman–Crippen MR) is 74.2 cm³/mol. The molecule has 2 aliphatic heterocycles. The van der Waals surface area contributed by atoms with E-state index in [4.69, 9.17) is 18.6 Å². The van der Waals surface area contributed by atoms with Crippen LogP contribution in [0.1, 0.15) is 41.5 Å². The molecular formula is C12H26B2O4. The predicted octanol–water partition coefficient (Wildman–Crippen LogP) is 2.21. The van der Waals surface area contributed by atoms with Crippen LogP contribution < -0.4 is 0 Å². The summed E-state index contributed by atoms with van der Waals surface area (Å²) in [5.74, 6) is 0. The van der Waals surface area contributed by atoms with Crippen LogP contribution in [0.5, 0.6) is 0 Å². The molecule has 0 aromatic rings. The summed E-state index contributed by atoms with van der Waals surface area (Å²) in [6.45, 7) is 15.2. The Kier molecular flexibility index (Phi) is 5.71. The van der Waals surface area contributed by atoms with Gasteiger partial charge in [0.05, 0.1) is 0 Å². The van der Waals surface area contributed by atoms with Gasteiger partial charge < -0.3 is 18.6 Å². The number of rotatable bonds is 1. The molecule has 104 valence electrons. The van der Waals surface area contributed by atoms with E-state index in [0.717, 1.165) is 0 Å². The zero-order valence-corrected chi connectivity index (χ0v) is 12.6. The van der Waals surface area contributed by atoms with Gasteiger partial charge in [0.1, 0.15) is 0 Å². The van der Waals surface area contributed by atoms with Crippen LogP contribution in [-0.2, 0) is 18.6 Å². The lowest BCUT2D eigenvalue weighted by atomic mass is 9.47. The SMILES string of the molecule is CC.CC1(C)COB(B2OCC(C)(C)CO2)OC1. The lowest BCUT2D eigenvalue weighted by Crippen LogP contribution is -2.56. The van der Waals surface area contributed by atoms with E-state index in [9.17, 15) is 0 Å². The van der Waals surface area contributed by atoms with E-state index in [2.05, 4.69) is 27.7 Å². The molecule has 2 fully saturated rings. The topological polar surface area (TPSA) is 36.9 Å². The Balaban J connectivity index is 0.000000771. The zero-order valence-electron chi connectivity index (χ0n) is 12.6. The van der Waals surface area contributed by atoms with Crippen LogP contribution in [0.15, 0.2) is 0 Å². The van der Waals surface area contributed by atoms with Crippen molar-refractivity contribution in [3.8, 4) is 0 Å².